The van der Waals surface area contributed by atoms with E-state index in [2.05, 4.69) is 15.2 Å². The van der Waals surface area contributed by atoms with E-state index < -0.39 is 0 Å². The first-order valence-electron chi connectivity index (χ1n) is 8.67. The Morgan fingerprint density at radius 2 is 2.00 bits per heavy atom. The third-order valence-electron chi connectivity index (χ3n) is 4.79. The SMILES string of the molecule is Cc1ccc([C@@H]2[C@@H](c3ccccn3)NC(=S)N2c2ccc3c(c2)OCO3)o1. The summed E-state index contributed by atoms with van der Waals surface area (Å²) in [6.45, 7) is 2.17. The van der Waals surface area contributed by atoms with Crippen LogP contribution in [0.25, 0.3) is 0 Å². The highest BCUT2D eigenvalue weighted by Crippen LogP contribution is 2.44. The molecule has 0 saturated carbocycles. The minimum atomic E-state index is -0.165. The number of aryl methyl sites for hydroxylation is 1. The Labute approximate surface area is 161 Å². The van der Waals surface area contributed by atoms with Crippen LogP contribution in [0.3, 0.4) is 0 Å². The van der Waals surface area contributed by atoms with Crippen molar-refractivity contribution in [2.24, 2.45) is 0 Å². The lowest BCUT2D eigenvalue weighted by Crippen LogP contribution is -2.29. The molecule has 2 aliphatic heterocycles. The summed E-state index contributed by atoms with van der Waals surface area (Å²) in [6, 6.07) is 15.3. The number of benzene rings is 1. The van der Waals surface area contributed by atoms with E-state index in [0.29, 0.717) is 10.9 Å². The second kappa shape index (κ2) is 6.28. The molecule has 1 saturated heterocycles. The van der Waals surface area contributed by atoms with Gasteiger partial charge in [0.15, 0.2) is 16.6 Å². The Morgan fingerprint density at radius 1 is 1.11 bits per heavy atom. The quantitative estimate of drug-likeness (QED) is 0.693. The molecule has 1 N–H and O–H groups in total. The number of furan rings is 1. The number of fused-ring (bicyclic) bond motifs is 1. The molecule has 0 spiro atoms. The highest BCUT2D eigenvalue weighted by atomic mass is 32.1. The van der Waals surface area contributed by atoms with Crippen LogP contribution in [0.15, 0.2) is 59.1 Å². The van der Waals surface area contributed by atoms with E-state index >= 15 is 0 Å². The van der Waals surface area contributed by atoms with Gasteiger partial charge in [-0.05, 0) is 55.5 Å². The van der Waals surface area contributed by atoms with E-state index in [1.807, 2.05) is 55.5 Å². The van der Waals surface area contributed by atoms with Crippen molar-refractivity contribution in [3.05, 3.63) is 71.9 Å². The molecular formula is C20H17N3O3S. The molecule has 5 rings (SSSR count). The number of rotatable bonds is 3. The summed E-state index contributed by atoms with van der Waals surface area (Å²) >= 11 is 5.68. The van der Waals surface area contributed by atoms with Crippen molar-refractivity contribution in [3.63, 3.8) is 0 Å². The van der Waals surface area contributed by atoms with Gasteiger partial charge >= 0.3 is 0 Å². The normalized spacial score (nSPS) is 20.8. The summed E-state index contributed by atoms with van der Waals surface area (Å²) in [5, 5.41) is 4.02. The predicted octanol–water partition coefficient (Wildman–Crippen LogP) is 3.89. The molecule has 3 aromatic rings. The molecule has 27 heavy (non-hydrogen) atoms. The molecule has 6 nitrogen and oxygen atoms in total. The summed E-state index contributed by atoms with van der Waals surface area (Å²) < 4.78 is 17.0. The molecule has 0 radical (unpaired) electrons. The lowest BCUT2D eigenvalue weighted by atomic mass is 10.0. The van der Waals surface area contributed by atoms with Gasteiger partial charge in [-0.2, -0.15) is 0 Å². The maximum atomic E-state index is 5.99. The summed E-state index contributed by atoms with van der Waals surface area (Å²) in [6.07, 6.45) is 1.79. The lowest BCUT2D eigenvalue weighted by Gasteiger charge is -2.26. The second-order valence-corrected chi connectivity index (χ2v) is 6.87. The maximum absolute atomic E-state index is 5.99. The van der Waals surface area contributed by atoms with Crippen LogP contribution in [0, 0.1) is 6.92 Å². The Bertz CT molecular complexity index is 1000. The minimum Gasteiger partial charge on any atom is -0.464 e. The predicted molar refractivity (Wildman–Crippen MR) is 104 cm³/mol. The standard InChI is InChI=1S/C20H17N3O3S/c1-12-5-7-16(26-12)19-18(14-4-2-3-9-21-14)22-20(27)23(19)13-6-8-15-17(10-13)25-11-24-15/h2-10,18-19H,11H2,1H3,(H,22,27)/t18-,19-/m1/s1. The van der Waals surface area contributed by atoms with E-state index in [4.69, 9.17) is 26.1 Å². The summed E-state index contributed by atoms with van der Waals surface area (Å²) in [5.41, 5.74) is 1.82. The van der Waals surface area contributed by atoms with Crippen molar-refractivity contribution in [2.45, 2.75) is 19.0 Å². The zero-order valence-corrected chi connectivity index (χ0v) is 15.4. The van der Waals surface area contributed by atoms with Crippen molar-refractivity contribution in [3.8, 4) is 11.5 Å². The molecule has 2 aliphatic rings. The summed E-state index contributed by atoms with van der Waals surface area (Å²) in [5.74, 6) is 3.14. The number of anilines is 1. The van der Waals surface area contributed by atoms with Gasteiger partial charge in [0.2, 0.25) is 6.79 Å². The van der Waals surface area contributed by atoms with Crippen molar-refractivity contribution in [1.82, 2.24) is 10.3 Å². The lowest BCUT2D eigenvalue weighted by molar-refractivity contribution is 0.174. The third kappa shape index (κ3) is 2.71. The zero-order valence-electron chi connectivity index (χ0n) is 14.6. The first-order valence-corrected chi connectivity index (χ1v) is 9.08. The van der Waals surface area contributed by atoms with Crippen LogP contribution < -0.4 is 19.7 Å². The van der Waals surface area contributed by atoms with Crippen molar-refractivity contribution in [1.29, 1.82) is 0 Å². The van der Waals surface area contributed by atoms with Crippen LogP contribution in [-0.4, -0.2) is 16.9 Å². The molecule has 0 aliphatic carbocycles. The third-order valence-corrected chi connectivity index (χ3v) is 5.10. The molecule has 1 fully saturated rings. The fourth-order valence-corrected chi connectivity index (χ4v) is 3.92. The van der Waals surface area contributed by atoms with Crippen LogP contribution in [0.4, 0.5) is 5.69 Å². The van der Waals surface area contributed by atoms with E-state index in [0.717, 1.165) is 28.7 Å². The van der Waals surface area contributed by atoms with Crippen LogP contribution in [0.5, 0.6) is 11.5 Å². The molecule has 2 atom stereocenters. The van der Waals surface area contributed by atoms with Gasteiger partial charge in [0.05, 0.1) is 11.7 Å². The van der Waals surface area contributed by atoms with Gasteiger partial charge in [-0.15, -0.1) is 0 Å². The minimum absolute atomic E-state index is 0.130. The highest BCUT2D eigenvalue weighted by Gasteiger charge is 2.42. The topological polar surface area (TPSA) is 59.8 Å². The monoisotopic (exact) mass is 379 g/mol. The largest absolute Gasteiger partial charge is 0.464 e. The van der Waals surface area contributed by atoms with E-state index in [9.17, 15) is 0 Å². The molecule has 0 amide bonds. The van der Waals surface area contributed by atoms with Crippen molar-refractivity contribution >= 4 is 23.0 Å². The molecule has 2 aromatic heterocycles. The average Bonchev–Trinajstić information content (AvgIpc) is 3.39. The zero-order chi connectivity index (χ0) is 18.4. The van der Waals surface area contributed by atoms with E-state index in [1.165, 1.54) is 0 Å². The fourth-order valence-electron chi connectivity index (χ4n) is 3.57. The van der Waals surface area contributed by atoms with Gasteiger partial charge in [0, 0.05) is 18.0 Å². The Kier molecular flexibility index (Phi) is 3.75. The number of thiocarbonyl (C=S) groups is 1. The number of aromatic nitrogens is 1. The van der Waals surface area contributed by atoms with Crippen LogP contribution >= 0.6 is 12.2 Å². The summed E-state index contributed by atoms with van der Waals surface area (Å²) in [4.78, 5) is 6.58. The number of hydrogen-bond donors (Lipinski definition) is 1. The Morgan fingerprint density at radius 3 is 2.78 bits per heavy atom. The van der Waals surface area contributed by atoms with E-state index in [1.54, 1.807) is 6.20 Å². The van der Waals surface area contributed by atoms with Gasteiger partial charge in [-0.1, -0.05) is 6.07 Å². The van der Waals surface area contributed by atoms with Gasteiger partial charge in [0.1, 0.15) is 17.6 Å². The van der Waals surface area contributed by atoms with Crippen LogP contribution in [-0.2, 0) is 0 Å². The number of pyridine rings is 1. The molecule has 4 heterocycles. The Balaban J connectivity index is 1.61. The van der Waals surface area contributed by atoms with Crippen molar-refractivity contribution < 1.29 is 13.9 Å². The average molecular weight is 379 g/mol. The second-order valence-electron chi connectivity index (χ2n) is 6.48. The fraction of sp³-hybridized carbons (Fsp3) is 0.200. The number of nitrogens with one attached hydrogen (secondary N) is 1. The summed E-state index contributed by atoms with van der Waals surface area (Å²) in [7, 11) is 0. The van der Waals surface area contributed by atoms with Gasteiger partial charge in [-0.25, -0.2) is 0 Å². The van der Waals surface area contributed by atoms with Crippen LogP contribution in [0.2, 0.25) is 0 Å². The first-order chi connectivity index (χ1) is 13.2. The maximum Gasteiger partial charge on any atom is 0.231 e. The van der Waals surface area contributed by atoms with Crippen molar-refractivity contribution in [2.75, 3.05) is 11.7 Å². The molecule has 136 valence electrons. The molecule has 7 heteroatoms. The number of ether oxygens (including phenoxy) is 2. The molecule has 0 bridgehead atoms. The molecular weight excluding hydrogens is 362 g/mol. The van der Waals surface area contributed by atoms with Gasteiger partial charge < -0.3 is 24.1 Å². The first kappa shape index (κ1) is 16.1. The van der Waals surface area contributed by atoms with E-state index in [-0.39, 0.29) is 18.9 Å². The van der Waals surface area contributed by atoms with Gasteiger partial charge in [-0.3, -0.25) is 4.98 Å². The molecule has 0 unspecified atom stereocenters. The molecule has 1 aromatic carbocycles. The van der Waals surface area contributed by atoms with Crippen LogP contribution in [0.1, 0.15) is 29.3 Å². The van der Waals surface area contributed by atoms with Gasteiger partial charge in [0.25, 0.3) is 0 Å². The Hall–Kier alpha value is -3.06. The highest BCUT2D eigenvalue weighted by molar-refractivity contribution is 7.80. The smallest absolute Gasteiger partial charge is 0.231 e. The number of nitrogens with zero attached hydrogens (tertiary/aromatic N) is 2. The number of hydrogen-bond acceptors (Lipinski definition) is 5.